The fourth-order valence-electron chi connectivity index (χ4n) is 3.43. The van der Waals surface area contributed by atoms with Gasteiger partial charge < -0.3 is 9.09 Å². The average molecular weight is 395 g/mol. The van der Waals surface area contributed by atoms with E-state index in [1.807, 2.05) is 42.5 Å². The molecule has 0 atom stereocenters. The number of aromatic nitrogens is 1. The van der Waals surface area contributed by atoms with Gasteiger partial charge in [0.05, 0.1) is 10.6 Å². The van der Waals surface area contributed by atoms with Crippen LogP contribution in [0.2, 0.25) is 0 Å². The minimum absolute atomic E-state index is 0.160. The van der Waals surface area contributed by atoms with Gasteiger partial charge in [0.1, 0.15) is 5.75 Å². The van der Waals surface area contributed by atoms with Gasteiger partial charge >= 0.3 is 7.37 Å². The third-order valence-electron chi connectivity index (χ3n) is 5.10. The van der Waals surface area contributed by atoms with Crippen molar-refractivity contribution in [1.82, 2.24) is 4.57 Å². The number of rotatable bonds is 7. The maximum atomic E-state index is 14.1. The zero-order chi connectivity index (χ0) is 20.1. The molecule has 0 radical (unpaired) electrons. The van der Waals surface area contributed by atoms with Crippen LogP contribution in [0.4, 0.5) is 0 Å². The van der Waals surface area contributed by atoms with E-state index in [0.29, 0.717) is 16.4 Å². The highest BCUT2D eigenvalue weighted by molar-refractivity contribution is 7.74. The predicted octanol–water partition coefficient (Wildman–Crippen LogP) is 4.60. The fraction of sp³-hybridized carbons (Fsp3) is 0.261. The van der Waals surface area contributed by atoms with E-state index in [2.05, 4.69) is 13.8 Å². The molecule has 3 aromatic rings. The Morgan fingerprint density at radius 1 is 0.893 bits per heavy atom. The molecule has 28 heavy (non-hydrogen) atoms. The van der Waals surface area contributed by atoms with Crippen LogP contribution in [0.3, 0.4) is 0 Å². The number of pyridine rings is 1. The molecule has 0 aliphatic carbocycles. The standard InChI is InChI=1S/C23H26NO3P/c1-4-18(5-2)22-16-19(17-23(25)24(22)3)27-28(26,20-12-8-6-9-13-20)21-14-10-7-11-15-21/h6-18H,4-5H2,1-3H3. The first-order valence-corrected chi connectivity index (χ1v) is 11.2. The van der Waals surface area contributed by atoms with Crippen LogP contribution in [-0.4, -0.2) is 4.57 Å². The highest BCUT2D eigenvalue weighted by Gasteiger charge is 2.30. The van der Waals surface area contributed by atoms with Crippen LogP contribution in [0.5, 0.6) is 5.75 Å². The molecule has 4 nitrogen and oxygen atoms in total. The van der Waals surface area contributed by atoms with E-state index in [9.17, 15) is 9.36 Å². The molecule has 0 aliphatic rings. The lowest BCUT2D eigenvalue weighted by atomic mass is 9.98. The zero-order valence-electron chi connectivity index (χ0n) is 16.5. The Kier molecular flexibility index (Phi) is 6.21. The van der Waals surface area contributed by atoms with Gasteiger partial charge in [-0.2, -0.15) is 0 Å². The molecule has 0 saturated heterocycles. The van der Waals surface area contributed by atoms with Crippen LogP contribution in [-0.2, 0) is 11.6 Å². The summed E-state index contributed by atoms with van der Waals surface area (Å²) in [6.07, 6.45) is 1.84. The lowest BCUT2D eigenvalue weighted by Gasteiger charge is -2.22. The molecular weight excluding hydrogens is 369 g/mol. The van der Waals surface area contributed by atoms with Crippen LogP contribution in [0, 0.1) is 0 Å². The second-order valence-electron chi connectivity index (χ2n) is 6.84. The van der Waals surface area contributed by atoms with Gasteiger partial charge in [0, 0.05) is 24.9 Å². The quantitative estimate of drug-likeness (QED) is 0.550. The number of hydrogen-bond acceptors (Lipinski definition) is 3. The molecule has 5 heteroatoms. The summed E-state index contributed by atoms with van der Waals surface area (Å²) < 4.78 is 21.9. The van der Waals surface area contributed by atoms with E-state index in [0.717, 1.165) is 18.5 Å². The molecular formula is C23H26NO3P. The molecule has 146 valence electrons. The molecule has 3 rings (SSSR count). The van der Waals surface area contributed by atoms with E-state index in [1.165, 1.54) is 6.07 Å². The Balaban J connectivity index is 2.13. The van der Waals surface area contributed by atoms with Crippen molar-refractivity contribution in [1.29, 1.82) is 0 Å². The number of benzene rings is 2. The maximum absolute atomic E-state index is 14.1. The maximum Gasteiger partial charge on any atom is 0.306 e. The van der Waals surface area contributed by atoms with Crippen LogP contribution in [0.15, 0.2) is 77.6 Å². The largest absolute Gasteiger partial charge is 0.437 e. The third kappa shape index (κ3) is 3.98. The highest BCUT2D eigenvalue weighted by atomic mass is 31.2. The van der Waals surface area contributed by atoms with Gasteiger partial charge in [-0.1, -0.05) is 50.2 Å². The molecule has 1 aromatic heterocycles. The summed E-state index contributed by atoms with van der Waals surface area (Å²) in [7, 11) is -1.62. The first-order chi connectivity index (χ1) is 13.5. The molecule has 0 N–H and O–H groups in total. The van der Waals surface area contributed by atoms with Gasteiger partial charge in [-0.25, -0.2) is 0 Å². The van der Waals surface area contributed by atoms with Crippen molar-refractivity contribution in [3.05, 3.63) is 88.8 Å². The van der Waals surface area contributed by atoms with Gasteiger partial charge in [0.25, 0.3) is 5.56 Å². The van der Waals surface area contributed by atoms with Crippen molar-refractivity contribution < 1.29 is 9.09 Å². The Morgan fingerprint density at radius 2 is 1.39 bits per heavy atom. The summed E-state index contributed by atoms with van der Waals surface area (Å²) in [5.41, 5.74) is 0.743. The molecule has 0 saturated carbocycles. The molecule has 0 fully saturated rings. The molecule has 0 spiro atoms. The molecule has 0 bridgehead atoms. The first-order valence-electron chi connectivity index (χ1n) is 9.61. The second kappa shape index (κ2) is 8.62. The summed E-state index contributed by atoms with van der Waals surface area (Å²) in [5, 5.41) is 1.21. The van der Waals surface area contributed by atoms with Crippen LogP contribution in [0.25, 0.3) is 0 Å². The summed E-state index contributed by atoms with van der Waals surface area (Å²) in [6.45, 7) is 4.20. The van der Waals surface area contributed by atoms with Gasteiger partial charge in [-0.3, -0.25) is 9.36 Å². The predicted molar refractivity (Wildman–Crippen MR) is 115 cm³/mol. The van der Waals surface area contributed by atoms with Gasteiger partial charge in [-0.05, 0) is 43.0 Å². The molecule has 0 aliphatic heterocycles. The molecule has 2 aromatic carbocycles. The SMILES string of the molecule is CCC(CC)c1cc(OP(=O)(c2ccccc2)c2ccccc2)cc(=O)n1C. The van der Waals surface area contributed by atoms with Crippen molar-refractivity contribution in [2.24, 2.45) is 7.05 Å². The van der Waals surface area contributed by atoms with Crippen molar-refractivity contribution in [2.45, 2.75) is 32.6 Å². The zero-order valence-corrected chi connectivity index (χ0v) is 17.4. The minimum Gasteiger partial charge on any atom is -0.437 e. The van der Waals surface area contributed by atoms with E-state index >= 15 is 0 Å². The van der Waals surface area contributed by atoms with E-state index in [4.69, 9.17) is 4.52 Å². The Hall–Kier alpha value is -2.58. The van der Waals surface area contributed by atoms with Crippen LogP contribution in [0.1, 0.15) is 38.3 Å². The fourth-order valence-corrected chi connectivity index (χ4v) is 5.47. The molecule has 1 heterocycles. The average Bonchev–Trinajstić information content (AvgIpc) is 2.73. The van der Waals surface area contributed by atoms with E-state index in [-0.39, 0.29) is 11.5 Å². The second-order valence-corrected chi connectivity index (χ2v) is 9.16. The Morgan fingerprint density at radius 3 is 1.86 bits per heavy atom. The highest BCUT2D eigenvalue weighted by Crippen LogP contribution is 2.45. The molecule has 0 amide bonds. The summed E-state index contributed by atoms with van der Waals surface area (Å²) in [5.74, 6) is 0.593. The first kappa shape index (κ1) is 20.2. The van der Waals surface area contributed by atoms with Crippen molar-refractivity contribution in [3.8, 4) is 5.75 Å². The number of nitrogens with zero attached hydrogens (tertiary/aromatic N) is 1. The van der Waals surface area contributed by atoms with Crippen LogP contribution < -0.4 is 20.7 Å². The topological polar surface area (TPSA) is 48.3 Å². The van der Waals surface area contributed by atoms with Gasteiger partial charge in [0.2, 0.25) is 0 Å². The van der Waals surface area contributed by atoms with Gasteiger partial charge in [0.15, 0.2) is 0 Å². The summed E-state index contributed by atoms with van der Waals surface area (Å²) >= 11 is 0. The lowest BCUT2D eigenvalue weighted by molar-refractivity contribution is 0.497. The molecule has 0 unspecified atom stereocenters. The Bertz CT molecular complexity index is 981. The normalized spacial score (nSPS) is 11.6. The van der Waals surface area contributed by atoms with Crippen molar-refractivity contribution in [3.63, 3.8) is 0 Å². The summed E-state index contributed by atoms with van der Waals surface area (Å²) in [6, 6.07) is 21.6. The number of hydrogen-bond donors (Lipinski definition) is 0. The lowest BCUT2D eigenvalue weighted by Crippen LogP contribution is -2.24. The van der Waals surface area contributed by atoms with Crippen LogP contribution >= 0.6 is 7.37 Å². The van der Waals surface area contributed by atoms with E-state index in [1.54, 1.807) is 35.9 Å². The summed E-state index contributed by atoms with van der Waals surface area (Å²) in [4.78, 5) is 12.5. The van der Waals surface area contributed by atoms with E-state index < -0.39 is 7.37 Å². The van der Waals surface area contributed by atoms with Crippen molar-refractivity contribution in [2.75, 3.05) is 0 Å². The third-order valence-corrected chi connectivity index (χ3v) is 7.53. The minimum atomic E-state index is -3.40. The Labute approximate surface area is 166 Å². The monoisotopic (exact) mass is 395 g/mol. The smallest absolute Gasteiger partial charge is 0.306 e. The van der Waals surface area contributed by atoms with Gasteiger partial charge in [-0.15, -0.1) is 0 Å². The van der Waals surface area contributed by atoms with Crippen molar-refractivity contribution >= 4 is 18.0 Å².